The van der Waals surface area contributed by atoms with Crippen molar-refractivity contribution in [2.24, 2.45) is 5.41 Å². The molecule has 2 N–H and O–H groups in total. The van der Waals surface area contributed by atoms with Gasteiger partial charge in [0.1, 0.15) is 5.82 Å². The molecule has 0 bridgehead atoms. The number of fused-ring (bicyclic) bond motifs is 1. The molecule has 2 aromatic heterocycles. The Hall–Kier alpha value is -2.66. The Morgan fingerprint density at radius 3 is 2.67 bits per heavy atom. The molecular weight excluding hydrogens is 334 g/mol. The van der Waals surface area contributed by atoms with Gasteiger partial charge in [0.15, 0.2) is 0 Å². The van der Waals surface area contributed by atoms with Crippen LogP contribution in [0.2, 0.25) is 0 Å². The Morgan fingerprint density at radius 2 is 1.93 bits per heavy atom. The second-order valence-corrected chi connectivity index (χ2v) is 8.12. The third-order valence-electron chi connectivity index (χ3n) is 6.15. The maximum atomic E-state index is 4.56. The molecule has 5 heteroatoms. The predicted molar refractivity (Wildman–Crippen MR) is 109 cm³/mol. The van der Waals surface area contributed by atoms with E-state index in [-0.39, 0.29) is 0 Å². The van der Waals surface area contributed by atoms with Crippen molar-refractivity contribution in [3.8, 4) is 11.1 Å². The van der Waals surface area contributed by atoms with Crippen molar-refractivity contribution < 1.29 is 0 Å². The van der Waals surface area contributed by atoms with E-state index in [1.807, 2.05) is 18.6 Å². The number of likely N-dealkylation sites (tertiary alicyclic amines) is 1. The van der Waals surface area contributed by atoms with E-state index in [0.717, 1.165) is 45.4 Å². The van der Waals surface area contributed by atoms with Gasteiger partial charge in [-0.3, -0.25) is 10.00 Å². The summed E-state index contributed by atoms with van der Waals surface area (Å²) in [5, 5.41) is 12.6. The molecule has 1 aromatic carbocycles. The summed E-state index contributed by atoms with van der Waals surface area (Å²) in [4.78, 5) is 7.07. The Balaban J connectivity index is 1.27. The first kappa shape index (κ1) is 16.5. The fourth-order valence-corrected chi connectivity index (χ4v) is 4.15. The van der Waals surface area contributed by atoms with E-state index < -0.39 is 0 Å². The smallest absolute Gasteiger partial charge is 0.130 e. The van der Waals surface area contributed by atoms with E-state index in [4.69, 9.17) is 0 Å². The normalized spacial score (nSPS) is 18.7. The van der Waals surface area contributed by atoms with Gasteiger partial charge in [-0.05, 0) is 67.3 Å². The summed E-state index contributed by atoms with van der Waals surface area (Å²) in [6.45, 7) is 7.51. The number of aromatic nitrogens is 3. The number of piperidine rings is 1. The van der Waals surface area contributed by atoms with Crippen LogP contribution in [0.4, 0.5) is 5.82 Å². The van der Waals surface area contributed by atoms with Gasteiger partial charge in [0.05, 0.1) is 6.20 Å². The third kappa shape index (κ3) is 3.47. The molecular formula is C22H25N5. The third-order valence-corrected chi connectivity index (χ3v) is 6.15. The van der Waals surface area contributed by atoms with Crippen LogP contribution in [0, 0.1) is 5.41 Å². The molecule has 2 fully saturated rings. The number of nitrogens with one attached hydrogen (secondary N) is 2. The van der Waals surface area contributed by atoms with Gasteiger partial charge in [-0.25, -0.2) is 4.98 Å². The summed E-state index contributed by atoms with van der Waals surface area (Å²) in [7, 11) is 0. The molecule has 2 aliphatic rings. The highest BCUT2D eigenvalue weighted by molar-refractivity contribution is 5.88. The molecule has 1 saturated heterocycles. The molecule has 3 aromatic rings. The zero-order chi connectivity index (χ0) is 18.3. The lowest BCUT2D eigenvalue weighted by Gasteiger charge is -2.32. The van der Waals surface area contributed by atoms with E-state index in [2.05, 4.69) is 56.2 Å². The number of hydrogen-bond donors (Lipinski definition) is 2. The number of nitrogens with zero attached hydrogens (tertiary/aromatic N) is 3. The van der Waals surface area contributed by atoms with Crippen molar-refractivity contribution in [3.05, 3.63) is 55.1 Å². The van der Waals surface area contributed by atoms with Gasteiger partial charge in [0.2, 0.25) is 0 Å². The van der Waals surface area contributed by atoms with Crippen molar-refractivity contribution >= 4 is 16.6 Å². The lowest BCUT2D eigenvalue weighted by molar-refractivity contribution is 0.185. The maximum Gasteiger partial charge on any atom is 0.130 e. The number of anilines is 1. The largest absolute Gasteiger partial charge is 0.343 e. The van der Waals surface area contributed by atoms with Gasteiger partial charge < -0.3 is 5.32 Å². The average molecular weight is 359 g/mol. The van der Waals surface area contributed by atoms with Crippen molar-refractivity contribution in [3.63, 3.8) is 0 Å². The van der Waals surface area contributed by atoms with Gasteiger partial charge in [-0.2, -0.15) is 5.10 Å². The Bertz CT molecular complexity index is 962. The average Bonchev–Trinajstić information content (AvgIpc) is 3.20. The first-order chi connectivity index (χ1) is 13.2. The fraction of sp³-hybridized carbons (Fsp3) is 0.364. The minimum atomic E-state index is 0.720. The van der Waals surface area contributed by atoms with Crippen LogP contribution in [0.15, 0.2) is 55.1 Å². The Morgan fingerprint density at radius 1 is 1.07 bits per heavy atom. The minimum Gasteiger partial charge on any atom is -0.343 e. The van der Waals surface area contributed by atoms with Crippen molar-refractivity contribution in [2.75, 3.05) is 25.0 Å². The molecule has 0 radical (unpaired) electrons. The summed E-state index contributed by atoms with van der Waals surface area (Å²) < 4.78 is 0. The van der Waals surface area contributed by atoms with Gasteiger partial charge in [0.25, 0.3) is 0 Å². The summed E-state index contributed by atoms with van der Waals surface area (Å²) in [6.07, 6.45) is 11.3. The highest BCUT2D eigenvalue weighted by atomic mass is 15.2. The number of aromatic amines is 1. The van der Waals surface area contributed by atoms with Crippen LogP contribution in [-0.4, -0.2) is 39.7 Å². The van der Waals surface area contributed by atoms with Gasteiger partial charge in [-0.1, -0.05) is 18.7 Å². The number of benzene rings is 1. The van der Waals surface area contributed by atoms with Gasteiger partial charge in [0, 0.05) is 35.6 Å². The van der Waals surface area contributed by atoms with Crippen molar-refractivity contribution in [2.45, 2.75) is 25.7 Å². The molecule has 3 heterocycles. The predicted octanol–water partition coefficient (Wildman–Crippen LogP) is 4.43. The van der Waals surface area contributed by atoms with Crippen LogP contribution in [0.1, 0.15) is 25.7 Å². The molecule has 5 nitrogen and oxygen atoms in total. The standard InChI is InChI=1S/C22H25N5/c1-16(15-27-8-6-22(4-5-22)7-9-27)26-21-11-19-10-17(20-13-24-25-14-20)2-3-18(19)12-23-21/h2-3,10-14H,1,4-9,15H2,(H,23,26)(H,24,25). The lowest BCUT2D eigenvalue weighted by atomic mass is 9.94. The summed E-state index contributed by atoms with van der Waals surface area (Å²) >= 11 is 0. The molecule has 0 atom stereocenters. The Labute approximate surface area is 159 Å². The van der Waals surface area contributed by atoms with E-state index in [1.165, 1.54) is 38.8 Å². The van der Waals surface area contributed by atoms with Gasteiger partial charge >= 0.3 is 0 Å². The SMILES string of the molecule is C=C(CN1CCC2(CC1)CC2)Nc1cc2cc(-c3cn[nH]c3)ccc2cn1. The number of hydrogen-bond acceptors (Lipinski definition) is 4. The van der Waals surface area contributed by atoms with Crippen LogP contribution in [0.25, 0.3) is 21.9 Å². The number of H-pyrrole nitrogens is 1. The summed E-state index contributed by atoms with van der Waals surface area (Å²) in [5.74, 6) is 0.854. The minimum absolute atomic E-state index is 0.720. The first-order valence-electron chi connectivity index (χ1n) is 9.75. The lowest BCUT2D eigenvalue weighted by Crippen LogP contribution is -2.36. The molecule has 5 rings (SSSR count). The zero-order valence-corrected chi connectivity index (χ0v) is 15.5. The van der Waals surface area contributed by atoms with Gasteiger partial charge in [-0.15, -0.1) is 0 Å². The topological polar surface area (TPSA) is 56.8 Å². The van der Waals surface area contributed by atoms with E-state index in [0.29, 0.717) is 0 Å². The van der Waals surface area contributed by atoms with Crippen LogP contribution in [-0.2, 0) is 0 Å². The highest BCUT2D eigenvalue weighted by Gasteiger charge is 2.44. The van der Waals surface area contributed by atoms with E-state index in [1.54, 1.807) is 0 Å². The van der Waals surface area contributed by atoms with Crippen LogP contribution < -0.4 is 5.32 Å². The monoisotopic (exact) mass is 359 g/mol. The van der Waals surface area contributed by atoms with Crippen LogP contribution >= 0.6 is 0 Å². The molecule has 0 unspecified atom stereocenters. The molecule has 27 heavy (non-hydrogen) atoms. The molecule has 1 spiro atoms. The fourth-order valence-electron chi connectivity index (χ4n) is 4.15. The first-order valence-corrected chi connectivity index (χ1v) is 9.75. The van der Waals surface area contributed by atoms with Crippen molar-refractivity contribution in [1.29, 1.82) is 0 Å². The van der Waals surface area contributed by atoms with E-state index >= 15 is 0 Å². The van der Waals surface area contributed by atoms with Crippen LogP contribution in [0.3, 0.4) is 0 Å². The number of pyridine rings is 1. The Kier molecular flexibility index (Phi) is 3.97. The molecule has 0 amide bonds. The highest BCUT2D eigenvalue weighted by Crippen LogP contribution is 2.53. The molecule has 138 valence electrons. The molecule has 1 aliphatic heterocycles. The van der Waals surface area contributed by atoms with E-state index in [9.17, 15) is 0 Å². The molecule has 1 aliphatic carbocycles. The second kappa shape index (κ2) is 6.50. The zero-order valence-electron chi connectivity index (χ0n) is 15.5. The van der Waals surface area contributed by atoms with Crippen molar-refractivity contribution in [1.82, 2.24) is 20.1 Å². The summed E-state index contributed by atoms with van der Waals surface area (Å²) in [6, 6.07) is 8.48. The maximum absolute atomic E-state index is 4.56. The second-order valence-electron chi connectivity index (χ2n) is 8.12. The molecule has 1 saturated carbocycles. The number of rotatable bonds is 5. The summed E-state index contributed by atoms with van der Waals surface area (Å²) in [5.41, 5.74) is 3.97. The quantitative estimate of drug-likeness (QED) is 0.708. The van der Waals surface area contributed by atoms with Crippen LogP contribution in [0.5, 0.6) is 0 Å².